The summed E-state index contributed by atoms with van der Waals surface area (Å²) in [7, 11) is 0. The normalized spacial score (nSPS) is 13.0. The highest BCUT2D eigenvalue weighted by Gasteiger charge is 2.29. The van der Waals surface area contributed by atoms with E-state index in [1.54, 1.807) is 0 Å². The third kappa shape index (κ3) is 4.27. The first kappa shape index (κ1) is 27.2. The SMILES string of the molecule is Cc1cc(C)c(C2=c3c(ccc4c3=C(c3c(C)cc(C)cc3C)c3cc(Br)ccc3O4)Oc3ccc(Br)cc32)c(C)c1. The van der Waals surface area contributed by atoms with Crippen molar-refractivity contribution in [1.82, 2.24) is 0 Å². The van der Waals surface area contributed by atoms with Crippen molar-refractivity contribution in [2.45, 2.75) is 41.5 Å². The molecule has 0 aromatic heterocycles. The van der Waals surface area contributed by atoms with Crippen LogP contribution in [0.2, 0.25) is 0 Å². The Bertz CT molecular complexity index is 1920. The molecule has 0 saturated carbocycles. The van der Waals surface area contributed by atoms with Gasteiger partial charge in [0.1, 0.15) is 23.0 Å². The lowest BCUT2D eigenvalue weighted by Gasteiger charge is -2.28. The van der Waals surface area contributed by atoms with Crippen molar-refractivity contribution in [2.75, 3.05) is 0 Å². The maximum absolute atomic E-state index is 6.71. The van der Waals surface area contributed by atoms with Crippen LogP contribution in [0.1, 0.15) is 55.6 Å². The van der Waals surface area contributed by atoms with Gasteiger partial charge in [-0.25, -0.2) is 0 Å². The summed E-state index contributed by atoms with van der Waals surface area (Å²) in [6.07, 6.45) is 0. The number of rotatable bonds is 2. The summed E-state index contributed by atoms with van der Waals surface area (Å²) < 4.78 is 15.4. The van der Waals surface area contributed by atoms with E-state index >= 15 is 0 Å². The van der Waals surface area contributed by atoms with Gasteiger partial charge in [-0.05, 0) is 123 Å². The van der Waals surface area contributed by atoms with E-state index in [0.29, 0.717) is 0 Å². The van der Waals surface area contributed by atoms with Gasteiger partial charge in [-0.15, -0.1) is 0 Å². The molecule has 5 aromatic rings. The molecule has 2 heterocycles. The van der Waals surface area contributed by atoms with Crippen LogP contribution in [0.3, 0.4) is 0 Å². The fourth-order valence-electron chi connectivity index (χ4n) is 6.98. The zero-order valence-corrected chi connectivity index (χ0v) is 27.7. The van der Waals surface area contributed by atoms with E-state index in [1.807, 2.05) is 12.1 Å². The van der Waals surface area contributed by atoms with Gasteiger partial charge >= 0.3 is 0 Å². The van der Waals surface area contributed by atoms with Gasteiger partial charge in [0.15, 0.2) is 0 Å². The average Bonchev–Trinajstić information content (AvgIpc) is 2.91. The van der Waals surface area contributed by atoms with Crippen LogP contribution >= 0.6 is 31.9 Å². The van der Waals surface area contributed by atoms with Gasteiger partial charge in [0, 0.05) is 41.7 Å². The molecular weight excluding hydrogens is 648 g/mol. The molecule has 0 fully saturated rings. The van der Waals surface area contributed by atoms with Crippen LogP contribution in [0, 0.1) is 41.5 Å². The van der Waals surface area contributed by atoms with Crippen LogP contribution in [-0.4, -0.2) is 0 Å². The Morgan fingerprint density at radius 3 is 1.12 bits per heavy atom. The molecule has 0 aliphatic carbocycles. The monoisotopic (exact) mass is 676 g/mol. The molecule has 7 rings (SSSR count). The zero-order valence-electron chi connectivity index (χ0n) is 24.5. The van der Waals surface area contributed by atoms with Crippen LogP contribution in [-0.2, 0) is 0 Å². The molecule has 0 N–H and O–H groups in total. The molecule has 0 atom stereocenters. The Kier molecular flexibility index (Phi) is 6.49. The highest BCUT2D eigenvalue weighted by molar-refractivity contribution is 9.10. The predicted molar refractivity (Wildman–Crippen MR) is 179 cm³/mol. The number of hydrogen-bond acceptors (Lipinski definition) is 2. The highest BCUT2D eigenvalue weighted by atomic mass is 79.9. The van der Waals surface area contributed by atoms with Crippen molar-refractivity contribution < 1.29 is 9.47 Å². The summed E-state index contributed by atoms with van der Waals surface area (Å²) in [6, 6.07) is 25.8. The van der Waals surface area contributed by atoms with Gasteiger partial charge in [-0.2, -0.15) is 0 Å². The van der Waals surface area contributed by atoms with Gasteiger partial charge in [0.2, 0.25) is 0 Å². The van der Waals surface area contributed by atoms with Crippen LogP contribution in [0.4, 0.5) is 0 Å². The van der Waals surface area contributed by atoms with Gasteiger partial charge in [0.25, 0.3) is 0 Å². The molecule has 208 valence electrons. The molecule has 2 nitrogen and oxygen atoms in total. The van der Waals surface area contributed by atoms with Crippen molar-refractivity contribution >= 4 is 43.0 Å². The largest absolute Gasteiger partial charge is 0.456 e. The lowest BCUT2D eigenvalue weighted by Crippen LogP contribution is -2.37. The first-order chi connectivity index (χ1) is 20.1. The Morgan fingerprint density at radius 1 is 0.429 bits per heavy atom. The van der Waals surface area contributed by atoms with Gasteiger partial charge < -0.3 is 9.47 Å². The molecule has 2 aliphatic heterocycles. The number of halogens is 2. The molecule has 2 aliphatic rings. The minimum atomic E-state index is 0.833. The third-order valence-electron chi connectivity index (χ3n) is 8.34. The Balaban J connectivity index is 1.81. The van der Waals surface area contributed by atoms with Gasteiger partial charge in [0.05, 0.1) is 0 Å². The van der Waals surface area contributed by atoms with Crippen molar-refractivity contribution in [1.29, 1.82) is 0 Å². The fraction of sp³-hybridized carbons (Fsp3) is 0.158. The Labute approximate surface area is 263 Å². The van der Waals surface area contributed by atoms with E-state index in [4.69, 9.17) is 9.47 Å². The van der Waals surface area contributed by atoms with E-state index in [1.165, 1.54) is 55.7 Å². The third-order valence-corrected chi connectivity index (χ3v) is 9.33. The van der Waals surface area contributed by atoms with E-state index in [-0.39, 0.29) is 0 Å². The molecule has 0 bridgehead atoms. The van der Waals surface area contributed by atoms with Crippen molar-refractivity contribution in [2.24, 2.45) is 0 Å². The van der Waals surface area contributed by atoms with Crippen molar-refractivity contribution in [3.8, 4) is 23.0 Å². The first-order valence-electron chi connectivity index (χ1n) is 14.1. The van der Waals surface area contributed by atoms with Gasteiger partial charge in [-0.3, -0.25) is 0 Å². The maximum atomic E-state index is 6.71. The van der Waals surface area contributed by atoms with E-state index in [9.17, 15) is 0 Å². The smallest absolute Gasteiger partial charge is 0.136 e. The number of benzene rings is 5. The van der Waals surface area contributed by atoms with Crippen LogP contribution in [0.15, 0.2) is 81.7 Å². The molecular formula is C38H30Br2O2. The minimum absolute atomic E-state index is 0.833. The van der Waals surface area contributed by atoms with Crippen molar-refractivity contribution in [3.05, 3.63) is 148 Å². The summed E-state index contributed by atoms with van der Waals surface area (Å²) in [6.45, 7) is 13.2. The molecule has 5 aromatic carbocycles. The molecule has 0 amide bonds. The predicted octanol–water partition coefficient (Wildman–Crippen LogP) is 9.77. The molecule has 0 saturated heterocycles. The highest BCUT2D eigenvalue weighted by Crippen LogP contribution is 2.43. The Hall–Kier alpha value is -3.60. The molecule has 42 heavy (non-hydrogen) atoms. The molecule has 0 unspecified atom stereocenters. The number of fused-ring (bicyclic) bond motifs is 5. The lowest BCUT2D eigenvalue weighted by atomic mass is 9.82. The fourth-order valence-corrected chi connectivity index (χ4v) is 7.70. The van der Waals surface area contributed by atoms with Crippen LogP contribution in [0.5, 0.6) is 23.0 Å². The second kappa shape index (κ2) is 10.00. The first-order valence-corrected chi connectivity index (χ1v) is 15.7. The van der Waals surface area contributed by atoms with Crippen LogP contribution in [0.25, 0.3) is 11.1 Å². The molecule has 0 spiro atoms. The summed E-state index contributed by atoms with van der Waals surface area (Å²) >= 11 is 7.51. The summed E-state index contributed by atoms with van der Waals surface area (Å²) in [5.41, 5.74) is 14.4. The molecule has 0 radical (unpaired) electrons. The quantitative estimate of drug-likeness (QED) is 0.181. The molecule has 4 heteroatoms. The zero-order chi connectivity index (χ0) is 29.4. The standard InChI is InChI=1S/C38H30Br2O2/c1-19-13-21(3)33(22(4)14-19)35-27-17-25(39)7-9-29(27)41-31-11-12-32-38(37(31)35)36(28-18-26(40)8-10-30(28)42-32)34-23(5)15-20(2)16-24(34)6/h7-18H,1-6H3. The summed E-state index contributed by atoms with van der Waals surface area (Å²) in [5, 5.41) is 2.13. The van der Waals surface area contributed by atoms with Crippen LogP contribution < -0.4 is 19.9 Å². The summed E-state index contributed by atoms with van der Waals surface area (Å²) in [5.74, 6) is 3.37. The number of ether oxygens (including phenoxy) is 2. The Morgan fingerprint density at radius 2 is 0.762 bits per heavy atom. The minimum Gasteiger partial charge on any atom is -0.456 e. The topological polar surface area (TPSA) is 18.5 Å². The number of aryl methyl sites for hydroxylation is 6. The van der Waals surface area contributed by atoms with Gasteiger partial charge in [-0.1, -0.05) is 67.3 Å². The van der Waals surface area contributed by atoms with E-state index in [0.717, 1.165) is 53.5 Å². The number of hydrogen-bond donors (Lipinski definition) is 0. The lowest BCUT2D eigenvalue weighted by molar-refractivity contribution is 0.454. The summed E-state index contributed by atoms with van der Waals surface area (Å²) in [4.78, 5) is 0. The maximum Gasteiger partial charge on any atom is 0.136 e. The van der Waals surface area contributed by atoms with Crippen molar-refractivity contribution in [3.63, 3.8) is 0 Å². The van der Waals surface area contributed by atoms with E-state index < -0.39 is 0 Å². The second-order valence-electron chi connectivity index (χ2n) is 11.6. The van der Waals surface area contributed by atoms with E-state index in [2.05, 4.69) is 134 Å². The average molecular weight is 678 g/mol. The second-order valence-corrected chi connectivity index (χ2v) is 13.4.